The predicted molar refractivity (Wildman–Crippen MR) is 116 cm³/mol. The second-order valence-corrected chi connectivity index (χ2v) is 7.45. The Kier molecular flexibility index (Phi) is 5.92. The van der Waals surface area contributed by atoms with Crippen LogP contribution < -0.4 is 15.4 Å². The van der Waals surface area contributed by atoms with Gasteiger partial charge in [-0.2, -0.15) is 0 Å². The number of hydrogen-bond acceptors (Lipinski definition) is 3. The zero-order valence-electron chi connectivity index (χ0n) is 16.5. The largest absolute Gasteiger partial charge is 0.497 e. The first kappa shape index (κ1) is 19.2. The van der Waals surface area contributed by atoms with Crippen LogP contribution in [0.15, 0.2) is 84.9 Å². The van der Waals surface area contributed by atoms with Gasteiger partial charge in [0, 0.05) is 11.7 Å². The molecule has 0 radical (unpaired) electrons. The summed E-state index contributed by atoms with van der Waals surface area (Å²) in [4.78, 5) is 13.3. The molecule has 4 heteroatoms. The maximum absolute atomic E-state index is 13.3. The molecule has 0 saturated heterocycles. The second kappa shape index (κ2) is 8.93. The normalized spacial score (nSPS) is 15.3. The highest BCUT2D eigenvalue weighted by Gasteiger charge is 2.35. The van der Waals surface area contributed by atoms with E-state index in [1.165, 1.54) is 18.4 Å². The summed E-state index contributed by atoms with van der Waals surface area (Å²) in [5.74, 6) is 1.26. The molecule has 1 aliphatic carbocycles. The fraction of sp³-hybridized carbons (Fsp3) is 0.240. The van der Waals surface area contributed by atoms with E-state index in [1.54, 1.807) is 7.11 Å². The van der Waals surface area contributed by atoms with Crippen LogP contribution in [0, 0.1) is 5.92 Å². The Balaban J connectivity index is 1.58. The number of ether oxygens (including phenoxy) is 1. The molecule has 2 unspecified atom stereocenters. The third kappa shape index (κ3) is 4.84. The van der Waals surface area contributed by atoms with Crippen LogP contribution in [0.3, 0.4) is 0 Å². The quantitative estimate of drug-likeness (QED) is 0.565. The van der Waals surface area contributed by atoms with Crippen LogP contribution in [0.4, 0.5) is 5.69 Å². The smallest absolute Gasteiger partial charge is 0.246 e. The van der Waals surface area contributed by atoms with Crippen molar-refractivity contribution in [3.8, 4) is 5.75 Å². The summed E-state index contributed by atoms with van der Waals surface area (Å²) < 4.78 is 5.20. The van der Waals surface area contributed by atoms with E-state index in [1.807, 2.05) is 60.7 Å². The lowest BCUT2D eigenvalue weighted by Gasteiger charge is -2.26. The minimum Gasteiger partial charge on any atom is -0.497 e. The molecule has 1 amide bonds. The van der Waals surface area contributed by atoms with Crippen molar-refractivity contribution in [2.75, 3.05) is 12.4 Å². The maximum atomic E-state index is 13.3. The van der Waals surface area contributed by atoms with Gasteiger partial charge in [0.2, 0.25) is 5.91 Å². The molecular formula is C25H26N2O2. The highest BCUT2D eigenvalue weighted by molar-refractivity contribution is 5.95. The van der Waals surface area contributed by atoms with Gasteiger partial charge in [-0.25, -0.2) is 0 Å². The number of rotatable bonds is 8. The fourth-order valence-corrected chi connectivity index (χ4v) is 3.63. The highest BCUT2D eigenvalue weighted by atomic mass is 16.5. The molecule has 29 heavy (non-hydrogen) atoms. The van der Waals surface area contributed by atoms with E-state index >= 15 is 0 Å². The minimum absolute atomic E-state index is 0.0667. The first-order valence-corrected chi connectivity index (χ1v) is 10.1. The highest BCUT2D eigenvalue weighted by Crippen LogP contribution is 2.42. The SMILES string of the molecule is COc1ccc(NC(=O)C(NC(c2ccccc2)C2CC2)c2ccccc2)cc1. The van der Waals surface area contributed by atoms with Gasteiger partial charge in [0.05, 0.1) is 7.11 Å². The Labute approximate surface area is 171 Å². The van der Waals surface area contributed by atoms with Crippen LogP contribution in [0.2, 0.25) is 0 Å². The molecule has 0 aliphatic heterocycles. The predicted octanol–water partition coefficient (Wildman–Crippen LogP) is 5.12. The number of hydrogen-bond donors (Lipinski definition) is 2. The summed E-state index contributed by atoms with van der Waals surface area (Å²) in [6, 6.07) is 27.4. The van der Waals surface area contributed by atoms with Crippen LogP contribution >= 0.6 is 0 Å². The number of nitrogens with one attached hydrogen (secondary N) is 2. The number of methoxy groups -OCH3 is 1. The summed E-state index contributed by atoms with van der Waals surface area (Å²) in [5.41, 5.74) is 2.94. The van der Waals surface area contributed by atoms with E-state index in [9.17, 15) is 4.79 Å². The first-order valence-electron chi connectivity index (χ1n) is 10.1. The van der Waals surface area contributed by atoms with Crippen molar-refractivity contribution in [2.45, 2.75) is 24.9 Å². The van der Waals surface area contributed by atoms with Gasteiger partial charge in [-0.15, -0.1) is 0 Å². The summed E-state index contributed by atoms with van der Waals surface area (Å²) in [6.45, 7) is 0. The second-order valence-electron chi connectivity index (χ2n) is 7.45. The first-order chi connectivity index (χ1) is 14.2. The van der Waals surface area contributed by atoms with E-state index in [0.717, 1.165) is 17.0 Å². The third-order valence-electron chi connectivity index (χ3n) is 5.35. The molecule has 1 aliphatic rings. The zero-order chi connectivity index (χ0) is 20.1. The van der Waals surface area contributed by atoms with Crippen LogP contribution in [0.1, 0.15) is 36.1 Å². The lowest BCUT2D eigenvalue weighted by atomic mass is 9.98. The Bertz CT molecular complexity index is 922. The Morgan fingerprint density at radius 2 is 1.45 bits per heavy atom. The average Bonchev–Trinajstić information content (AvgIpc) is 3.61. The van der Waals surface area contributed by atoms with Crippen molar-refractivity contribution in [1.82, 2.24) is 5.32 Å². The molecule has 0 spiro atoms. The fourth-order valence-electron chi connectivity index (χ4n) is 3.63. The number of carbonyl (C=O) groups excluding carboxylic acids is 1. The van der Waals surface area contributed by atoms with Gasteiger partial charge in [0.15, 0.2) is 0 Å². The minimum atomic E-state index is -0.441. The molecule has 1 fully saturated rings. The van der Waals surface area contributed by atoms with E-state index in [4.69, 9.17) is 4.74 Å². The van der Waals surface area contributed by atoms with Crippen molar-refractivity contribution in [2.24, 2.45) is 5.92 Å². The van der Waals surface area contributed by atoms with E-state index < -0.39 is 6.04 Å². The molecule has 0 aromatic heterocycles. The number of carbonyl (C=O) groups is 1. The van der Waals surface area contributed by atoms with Crippen LogP contribution in [-0.2, 0) is 4.79 Å². The molecule has 2 N–H and O–H groups in total. The van der Waals surface area contributed by atoms with Crippen molar-refractivity contribution in [3.05, 3.63) is 96.1 Å². The van der Waals surface area contributed by atoms with Crippen molar-refractivity contribution < 1.29 is 9.53 Å². The molecule has 2 atom stereocenters. The zero-order valence-corrected chi connectivity index (χ0v) is 16.5. The van der Waals surface area contributed by atoms with Crippen molar-refractivity contribution in [1.29, 1.82) is 0 Å². The van der Waals surface area contributed by atoms with Gasteiger partial charge in [-0.1, -0.05) is 60.7 Å². The number of anilines is 1. The Morgan fingerprint density at radius 3 is 2.00 bits per heavy atom. The number of amides is 1. The topological polar surface area (TPSA) is 50.4 Å². The number of benzene rings is 3. The molecule has 1 saturated carbocycles. The molecule has 0 bridgehead atoms. The van der Waals surface area contributed by atoms with E-state index in [-0.39, 0.29) is 11.9 Å². The lowest BCUT2D eigenvalue weighted by molar-refractivity contribution is -0.118. The monoisotopic (exact) mass is 386 g/mol. The summed E-state index contributed by atoms with van der Waals surface area (Å²) in [5, 5.41) is 6.71. The summed E-state index contributed by atoms with van der Waals surface area (Å²) in [7, 11) is 1.63. The van der Waals surface area contributed by atoms with Gasteiger partial charge >= 0.3 is 0 Å². The Morgan fingerprint density at radius 1 is 0.862 bits per heavy atom. The molecule has 3 aromatic rings. The average molecular weight is 386 g/mol. The summed E-state index contributed by atoms with van der Waals surface area (Å²) >= 11 is 0. The van der Waals surface area contributed by atoms with Gasteiger partial charge in [-0.3, -0.25) is 10.1 Å². The van der Waals surface area contributed by atoms with Crippen LogP contribution in [-0.4, -0.2) is 13.0 Å². The van der Waals surface area contributed by atoms with Crippen LogP contribution in [0.25, 0.3) is 0 Å². The lowest BCUT2D eigenvalue weighted by Crippen LogP contribution is -2.36. The van der Waals surface area contributed by atoms with Crippen molar-refractivity contribution in [3.63, 3.8) is 0 Å². The van der Waals surface area contributed by atoms with Crippen LogP contribution in [0.5, 0.6) is 5.75 Å². The Hall–Kier alpha value is -3.11. The third-order valence-corrected chi connectivity index (χ3v) is 5.35. The maximum Gasteiger partial charge on any atom is 0.246 e. The van der Waals surface area contributed by atoms with E-state index in [2.05, 4.69) is 34.9 Å². The van der Waals surface area contributed by atoms with Gasteiger partial charge < -0.3 is 10.1 Å². The molecule has 4 rings (SSSR count). The van der Waals surface area contributed by atoms with Gasteiger partial charge in [0.1, 0.15) is 11.8 Å². The summed E-state index contributed by atoms with van der Waals surface area (Å²) in [6.07, 6.45) is 2.38. The van der Waals surface area contributed by atoms with Gasteiger partial charge in [0.25, 0.3) is 0 Å². The molecule has 148 valence electrons. The standard InChI is InChI=1S/C25H26N2O2/c1-29-22-16-14-21(15-17-22)26-25(28)24(19-10-6-3-7-11-19)27-23(20-12-13-20)18-8-4-2-5-9-18/h2-11,14-17,20,23-24,27H,12-13H2,1H3,(H,26,28). The molecule has 3 aromatic carbocycles. The molecule has 0 heterocycles. The van der Waals surface area contributed by atoms with Crippen molar-refractivity contribution >= 4 is 11.6 Å². The molecule has 4 nitrogen and oxygen atoms in total. The van der Waals surface area contributed by atoms with Gasteiger partial charge in [-0.05, 0) is 54.2 Å². The molecular weight excluding hydrogens is 360 g/mol. The van der Waals surface area contributed by atoms with E-state index in [0.29, 0.717) is 5.92 Å².